The van der Waals surface area contributed by atoms with Gasteiger partial charge in [0.05, 0.1) is 12.6 Å². The molecule has 3 atom stereocenters. The predicted octanol–water partition coefficient (Wildman–Crippen LogP) is 0.992. The zero-order chi connectivity index (χ0) is 15.4. The first-order chi connectivity index (χ1) is 10.7. The summed E-state index contributed by atoms with van der Waals surface area (Å²) in [5, 5.41) is 5.46. The lowest BCUT2D eigenvalue weighted by molar-refractivity contribution is -0.928. The van der Waals surface area contributed by atoms with Gasteiger partial charge in [0.15, 0.2) is 6.54 Å². The van der Waals surface area contributed by atoms with Gasteiger partial charge < -0.3 is 10.2 Å². The van der Waals surface area contributed by atoms with Crippen LogP contribution in [0, 0.1) is 5.92 Å². The Morgan fingerprint density at radius 2 is 1.59 bits per heavy atom. The predicted molar refractivity (Wildman–Crippen MR) is 84.6 cm³/mol. The third kappa shape index (κ3) is 4.00. The number of fused-ring (bicyclic) bond motifs is 1. The molecule has 5 heteroatoms. The third-order valence-corrected chi connectivity index (χ3v) is 5.84. The van der Waals surface area contributed by atoms with Crippen LogP contribution in [0.1, 0.15) is 64.2 Å². The molecule has 22 heavy (non-hydrogen) atoms. The van der Waals surface area contributed by atoms with Gasteiger partial charge in [0.25, 0.3) is 5.91 Å². The van der Waals surface area contributed by atoms with E-state index in [2.05, 4.69) is 10.6 Å². The van der Waals surface area contributed by atoms with Crippen molar-refractivity contribution in [3.05, 3.63) is 0 Å². The van der Waals surface area contributed by atoms with E-state index in [1.807, 2.05) is 0 Å². The van der Waals surface area contributed by atoms with Crippen LogP contribution in [0.15, 0.2) is 0 Å². The van der Waals surface area contributed by atoms with Crippen molar-refractivity contribution in [2.24, 2.45) is 5.92 Å². The number of imide groups is 1. The highest BCUT2D eigenvalue weighted by Crippen LogP contribution is 2.28. The number of quaternary nitrogens is 1. The normalized spacial score (nSPS) is 32.3. The molecule has 0 bridgehead atoms. The molecule has 3 amide bonds. The van der Waals surface area contributed by atoms with E-state index in [4.69, 9.17) is 0 Å². The molecule has 0 radical (unpaired) electrons. The molecule has 1 heterocycles. The molecule has 3 aliphatic rings. The topological polar surface area (TPSA) is 62.6 Å². The lowest BCUT2D eigenvalue weighted by Gasteiger charge is -2.40. The van der Waals surface area contributed by atoms with Gasteiger partial charge in [0.1, 0.15) is 0 Å². The Bertz CT molecular complexity index is 405. The summed E-state index contributed by atoms with van der Waals surface area (Å²) in [6, 6.07) is 0.609. The summed E-state index contributed by atoms with van der Waals surface area (Å²) < 4.78 is 0. The molecular weight excluding hydrogens is 278 g/mol. The minimum atomic E-state index is -0.298. The van der Waals surface area contributed by atoms with Crippen molar-refractivity contribution in [3.63, 3.8) is 0 Å². The number of hydrogen-bond donors (Lipinski definition) is 3. The van der Waals surface area contributed by atoms with E-state index in [0.717, 1.165) is 25.3 Å². The second-order valence-electron chi connectivity index (χ2n) is 7.38. The number of hydrogen-bond acceptors (Lipinski definition) is 2. The maximum atomic E-state index is 12.2. The van der Waals surface area contributed by atoms with Crippen LogP contribution in [0.25, 0.3) is 0 Å². The monoisotopic (exact) mass is 308 g/mol. The largest absolute Gasteiger partial charge is 0.335 e. The van der Waals surface area contributed by atoms with E-state index in [-0.39, 0.29) is 18.0 Å². The fraction of sp³-hybridized carbons (Fsp3) is 0.882. The van der Waals surface area contributed by atoms with Gasteiger partial charge in [-0.1, -0.05) is 19.3 Å². The average Bonchev–Trinajstić information content (AvgIpc) is 3.00. The standard InChI is InChI=1S/C17H29N3O2/c21-16(19-17(22)18-14-8-2-3-9-14)12-20-11-5-7-13-6-1-4-10-15(13)20/h13-15H,1-12H2,(H2,18,19,21,22)/p+1/t13-,15-/m0/s1. The lowest BCUT2D eigenvalue weighted by Crippen LogP contribution is -3.18. The van der Waals surface area contributed by atoms with Crippen LogP contribution in [0.4, 0.5) is 4.79 Å². The van der Waals surface area contributed by atoms with Crippen LogP contribution >= 0.6 is 0 Å². The summed E-state index contributed by atoms with van der Waals surface area (Å²) in [6.45, 7) is 1.54. The van der Waals surface area contributed by atoms with Crippen molar-refractivity contribution < 1.29 is 14.5 Å². The van der Waals surface area contributed by atoms with Gasteiger partial charge >= 0.3 is 6.03 Å². The van der Waals surface area contributed by atoms with Crippen LogP contribution in [0.5, 0.6) is 0 Å². The Kier molecular flexibility index (Phi) is 5.34. The second kappa shape index (κ2) is 7.44. The quantitative estimate of drug-likeness (QED) is 0.728. The molecule has 1 aliphatic heterocycles. The van der Waals surface area contributed by atoms with E-state index in [0.29, 0.717) is 12.6 Å². The highest BCUT2D eigenvalue weighted by Gasteiger charge is 2.37. The number of carbonyl (C=O) groups is 2. The van der Waals surface area contributed by atoms with Crippen LogP contribution < -0.4 is 15.5 Å². The zero-order valence-corrected chi connectivity index (χ0v) is 13.5. The molecule has 3 rings (SSSR count). The summed E-state index contributed by atoms with van der Waals surface area (Å²) in [4.78, 5) is 25.5. The number of piperidine rings is 1. The molecule has 2 aliphatic carbocycles. The molecule has 0 aromatic carbocycles. The fourth-order valence-corrected chi connectivity index (χ4v) is 4.76. The maximum Gasteiger partial charge on any atom is 0.321 e. The van der Waals surface area contributed by atoms with Crippen LogP contribution in [0.3, 0.4) is 0 Å². The summed E-state index contributed by atoms with van der Waals surface area (Å²) in [7, 11) is 0. The number of likely N-dealkylation sites (tertiary alicyclic amines) is 1. The molecule has 2 saturated carbocycles. The Morgan fingerprint density at radius 3 is 2.41 bits per heavy atom. The molecule has 3 N–H and O–H groups in total. The number of nitrogens with one attached hydrogen (secondary N) is 3. The van der Waals surface area contributed by atoms with Crippen molar-refractivity contribution in [1.82, 2.24) is 10.6 Å². The Labute approximate surface area is 133 Å². The molecule has 5 nitrogen and oxygen atoms in total. The Balaban J connectivity index is 1.45. The van der Waals surface area contributed by atoms with Crippen molar-refractivity contribution >= 4 is 11.9 Å². The smallest absolute Gasteiger partial charge is 0.321 e. The highest BCUT2D eigenvalue weighted by atomic mass is 16.2. The van der Waals surface area contributed by atoms with Crippen molar-refractivity contribution in [2.75, 3.05) is 13.1 Å². The van der Waals surface area contributed by atoms with E-state index in [9.17, 15) is 9.59 Å². The first-order valence-corrected chi connectivity index (χ1v) is 9.17. The summed E-state index contributed by atoms with van der Waals surface area (Å²) >= 11 is 0. The number of urea groups is 1. The molecule has 124 valence electrons. The number of carbonyl (C=O) groups excluding carboxylic acids is 2. The van der Waals surface area contributed by atoms with Gasteiger partial charge in [-0.15, -0.1) is 0 Å². The average molecular weight is 308 g/mol. The number of rotatable bonds is 3. The minimum Gasteiger partial charge on any atom is -0.335 e. The first-order valence-electron chi connectivity index (χ1n) is 9.17. The Hall–Kier alpha value is -1.10. The lowest BCUT2D eigenvalue weighted by atomic mass is 9.78. The van der Waals surface area contributed by atoms with E-state index in [1.54, 1.807) is 0 Å². The molecular formula is C17H30N3O2+. The van der Waals surface area contributed by atoms with Crippen LogP contribution in [0.2, 0.25) is 0 Å². The summed E-state index contributed by atoms with van der Waals surface area (Å²) in [5.74, 6) is 0.689. The first kappa shape index (κ1) is 15.8. The van der Waals surface area contributed by atoms with Gasteiger partial charge in [-0.3, -0.25) is 10.1 Å². The maximum absolute atomic E-state index is 12.2. The van der Waals surface area contributed by atoms with E-state index >= 15 is 0 Å². The fourth-order valence-electron chi connectivity index (χ4n) is 4.76. The molecule has 1 unspecified atom stereocenters. The summed E-state index contributed by atoms with van der Waals surface area (Å²) in [5.41, 5.74) is 0. The highest BCUT2D eigenvalue weighted by molar-refractivity contribution is 5.94. The van der Waals surface area contributed by atoms with E-state index < -0.39 is 0 Å². The SMILES string of the molecule is O=C(C[NH+]1CCC[C@@H]2CCCC[C@@H]21)NC(=O)NC1CCCC1. The van der Waals surface area contributed by atoms with Crippen molar-refractivity contribution in [3.8, 4) is 0 Å². The van der Waals surface area contributed by atoms with Gasteiger partial charge in [0.2, 0.25) is 0 Å². The van der Waals surface area contributed by atoms with Gasteiger partial charge in [-0.05, 0) is 44.9 Å². The van der Waals surface area contributed by atoms with Crippen molar-refractivity contribution in [2.45, 2.75) is 76.3 Å². The molecule has 0 spiro atoms. The minimum absolute atomic E-state index is 0.114. The van der Waals surface area contributed by atoms with E-state index in [1.165, 1.54) is 56.3 Å². The zero-order valence-electron chi connectivity index (χ0n) is 13.5. The third-order valence-electron chi connectivity index (χ3n) is 5.84. The van der Waals surface area contributed by atoms with Gasteiger partial charge in [-0.2, -0.15) is 0 Å². The molecule has 1 saturated heterocycles. The molecule has 3 fully saturated rings. The number of amides is 3. The summed E-state index contributed by atoms with van der Waals surface area (Å²) in [6.07, 6.45) is 12.2. The molecule has 0 aromatic heterocycles. The van der Waals surface area contributed by atoms with Gasteiger partial charge in [0, 0.05) is 12.0 Å². The Morgan fingerprint density at radius 1 is 0.909 bits per heavy atom. The second-order valence-corrected chi connectivity index (χ2v) is 7.38. The van der Waals surface area contributed by atoms with Crippen LogP contribution in [-0.4, -0.2) is 37.1 Å². The van der Waals surface area contributed by atoms with Crippen molar-refractivity contribution in [1.29, 1.82) is 0 Å². The van der Waals surface area contributed by atoms with Crippen LogP contribution in [-0.2, 0) is 4.79 Å². The van der Waals surface area contributed by atoms with Gasteiger partial charge in [-0.25, -0.2) is 4.79 Å². The molecule has 0 aromatic rings.